The molecular weight excluding hydrogens is 204 g/mol. The molecule has 1 amide bonds. The van der Waals surface area contributed by atoms with Crippen molar-refractivity contribution < 1.29 is 4.79 Å². The second-order valence-corrected chi connectivity index (χ2v) is 4.16. The first kappa shape index (κ1) is 11.0. The second-order valence-electron chi connectivity index (χ2n) is 4.16. The Hall–Kier alpha value is -1.49. The number of carbonyl (C=O) groups is 1. The highest BCUT2D eigenvalue weighted by Gasteiger charge is 2.24. The fourth-order valence-electron chi connectivity index (χ4n) is 1.96. The molecule has 86 valence electrons. The zero-order valence-electron chi connectivity index (χ0n) is 9.31. The third-order valence-corrected chi connectivity index (χ3v) is 2.81. The van der Waals surface area contributed by atoms with Crippen molar-refractivity contribution in [3.05, 3.63) is 18.6 Å². The smallest absolute Gasteiger partial charge is 0.228 e. The van der Waals surface area contributed by atoms with E-state index in [1.54, 1.807) is 18.6 Å². The van der Waals surface area contributed by atoms with Crippen LogP contribution < -0.4 is 10.6 Å². The normalized spacial score (nSPS) is 25.1. The summed E-state index contributed by atoms with van der Waals surface area (Å²) in [5.74, 6) is 0.658. The fraction of sp³-hybridized carbons (Fsp3) is 0.545. The van der Waals surface area contributed by atoms with Gasteiger partial charge in [-0.25, -0.2) is 4.98 Å². The third kappa shape index (κ3) is 2.76. The lowest BCUT2D eigenvalue weighted by Gasteiger charge is -2.26. The Morgan fingerprint density at radius 2 is 2.44 bits per heavy atom. The summed E-state index contributed by atoms with van der Waals surface area (Å²) in [7, 11) is 0. The molecular formula is C11H16N4O. The van der Waals surface area contributed by atoms with Crippen LogP contribution in [0.1, 0.15) is 19.8 Å². The van der Waals surface area contributed by atoms with Gasteiger partial charge < -0.3 is 10.6 Å². The fourth-order valence-corrected chi connectivity index (χ4v) is 1.96. The van der Waals surface area contributed by atoms with Gasteiger partial charge in [0.1, 0.15) is 0 Å². The van der Waals surface area contributed by atoms with Crippen LogP contribution in [0.2, 0.25) is 0 Å². The van der Waals surface area contributed by atoms with E-state index in [-0.39, 0.29) is 11.8 Å². The minimum Gasteiger partial charge on any atom is -0.314 e. The number of hydrogen-bond donors (Lipinski definition) is 2. The highest BCUT2D eigenvalue weighted by molar-refractivity contribution is 5.91. The Labute approximate surface area is 94.7 Å². The Balaban J connectivity index is 1.93. The van der Waals surface area contributed by atoms with Crippen molar-refractivity contribution in [1.82, 2.24) is 15.3 Å². The van der Waals surface area contributed by atoms with Gasteiger partial charge in [0.15, 0.2) is 5.82 Å². The molecule has 2 unspecified atom stereocenters. The van der Waals surface area contributed by atoms with Crippen LogP contribution in [0.15, 0.2) is 18.6 Å². The van der Waals surface area contributed by atoms with Gasteiger partial charge in [0.05, 0.1) is 6.20 Å². The Morgan fingerprint density at radius 3 is 3.12 bits per heavy atom. The zero-order chi connectivity index (χ0) is 11.4. The molecule has 0 radical (unpaired) electrons. The highest BCUT2D eigenvalue weighted by Crippen LogP contribution is 2.17. The van der Waals surface area contributed by atoms with Crippen LogP contribution in [0.5, 0.6) is 0 Å². The summed E-state index contributed by atoms with van der Waals surface area (Å²) in [6, 6.07) is 0.409. The molecule has 5 nitrogen and oxygen atoms in total. The van der Waals surface area contributed by atoms with Gasteiger partial charge in [0.25, 0.3) is 0 Å². The SMILES string of the molecule is CC1CC(C(=O)Nc2cnccn2)CCN1. The maximum Gasteiger partial charge on any atom is 0.228 e. The molecule has 1 fully saturated rings. The van der Waals surface area contributed by atoms with Gasteiger partial charge in [-0.2, -0.15) is 0 Å². The third-order valence-electron chi connectivity index (χ3n) is 2.81. The molecule has 2 rings (SSSR count). The Kier molecular flexibility index (Phi) is 3.46. The molecule has 2 N–H and O–H groups in total. The maximum absolute atomic E-state index is 11.9. The van der Waals surface area contributed by atoms with Crippen LogP contribution in [0.3, 0.4) is 0 Å². The van der Waals surface area contributed by atoms with Crippen LogP contribution in [0.25, 0.3) is 0 Å². The van der Waals surface area contributed by atoms with Gasteiger partial charge in [-0.3, -0.25) is 9.78 Å². The van der Waals surface area contributed by atoms with Gasteiger partial charge in [-0.15, -0.1) is 0 Å². The summed E-state index contributed by atoms with van der Waals surface area (Å²) in [6.07, 6.45) is 6.48. The minimum absolute atomic E-state index is 0.0499. The van der Waals surface area contributed by atoms with Crippen LogP contribution in [-0.2, 0) is 4.79 Å². The Morgan fingerprint density at radius 1 is 1.56 bits per heavy atom. The molecule has 16 heavy (non-hydrogen) atoms. The number of anilines is 1. The molecule has 0 aliphatic carbocycles. The number of rotatable bonds is 2. The molecule has 2 heterocycles. The van der Waals surface area contributed by atoms with Gasteiger partial charge >= 0.3 is 0 Å². The first-order valence-corrected chi connectivity index (χ1v) is 5.56. The van der Waals surface area contributed by atoms with E-state index in [0.717, 1.165) is 19.4 Å². The summed E-state index contributed by atoms with van der Waals surface area (Å²) in [5.41, 5.74) is 0. The molecule has 0 aromatic carbocycles. The number of amides is 1. The van der Waals surface area contributed by atoms with Crippen molar-refractivity contribution in [2.24, 2.45) is 5.92 Å². The summed E-state index contributed by atoms with van der Waals surface area (Å²) in [5, 5.41) is 6.11. The quantitative estimate of drug-likeness (QED) is 0.773. The van der Waals surface area contributed by atoms with Crippen molar-refractivity contribution in [3.8, 4) is 0 Å². The summed E-state index contributed by atoms with van der Waals surface area (Å²) in [4.78, 5) is 19.8. The standard InChI is InChI=1S/C11H16N4O/c1-8-6-9(2-3-13-8)11(16)15-10-7-12-4-5-14-10/h4-5,7-9,13H,2-3,6H2,1H3,(H,14,15,16). The van der Waals surface area contributed by atoms with E-state index in [9.17, 15) is 4.79 Å². The van der Waals surface area contributed by atoms with Crippen molar-refractivity contribution in [1.29, 1.82) is 0 Å². The number of piperidine rings is 1. The molecule has 0 spiro atoms. The second kappa shape index (κ2) is 5.03. The van der Waals surface area contributed by atoms with Crippen molar-refractivity contribution in [2.45, 2.75) is 25.8 Å². The van der Waals surface area contributed by atoms with E-state index in [2.05, 4.69) is 27.5 Å². The van der Waals surface area contributed by atoms with Crippen LogP contribution in [-0.4, -0.2) is 28.5 Å². The predicted octanol–water partition coefficient (Wildman–Crippen LogP) is 0.803. The monoisotopic (exact) mass is 220 g/mol. The molecule has 5 heteroatoms. The summed E-state index contributed by atoms with van der Waals surface area (Å²) >= 11 is 0. The molecule has 2 atom stereocenters. The number of aromatic nitrogens is 2. The van der Waals surface area contributed by atoms with Crippen molar-refractivity contribution >= 4 is 11.7 Å². The lowest BCUT2D eigenvalue weighted by Crippen LogP contribution is -2.40. The molecule has 1 aromatic rings. The maximum atomic E-state index is 11.9. The lowest BCUT2D eigenvalue weighted by molar-refractivity contribution is -0.120. The number of nitrogens with zero attached hydrogens (tertiary/aromatic N) is 2. The number of hydrogen-bond acceptors (Lipinski definition) is 4. The van der Waals surface area contributed by atoms with Gasteiger partial charge in [0, 0.05) is 24.4 Å². The van der Waals surface area contributed by atoms with E-state index < -0.39 is 0 Å². The van der Waals surface area contributed by atoms with E-state index in [0.29, 0.717) is 11.9 Å². The van der Waals surface area contributed by atoms with E-state index in [4.69, 9.17) is 0 Å². The molecule has 1 aliphatic heterocycles. The number of carbonyl (C=O) groups excluding carboxylic acids is 1. The van der Waals surface area contributed by atoms with Crippen molar-refractivity contribution in [2.75, 3.05) is 11.9 Å². The van der Waals surface area contributed by atoms with Gasteiger partial charge in [-0.05, 0) is 26.3 Å². The van der Waals surface area contributed by atoms with Crippen LogP contribution >= 0.6 is 0 Å². The van der Waals surface area contributed by atoms with E-state index in [1.165, 1.54) is 0 Å². The molecule has 1 saturated heterocycles. The average Bonchev–Trinajstić information content (AvgIpc) is 2.30. The predicted molar refractivity (Wildman–Crippen MR) is 60.9 cm³/mol. The minimum atomic E-state index is 0.0499. The summed E-state index contributed by atoms with van der Waals surface area (Å²) < 4.78 is 0. The molecule has 1 aromatic heterocycles. The molecule has 0 saturated carbocycles. The highest BCUT2D eigenvalue weighted by atomic mass is 16.1. The zero-order valence-corrected chi connectivity index (χ0v) is 9.31. The first-order chi connectivity index (χ1) is 7.75. The van der Waals surface area contributed by atoms with Gasteiger partial charge in [0.2, 0.25) is 5.91 Å². The largest absolute Gasteiger partial charge is 0.314 e. The Bertz CT molecular complexity index is 354. The van der Waals surface area contributed by atoms with Gasteiger partial charge in [-0.1, -0.05) is 0 Å². The van der Waals surface area contributed by atoms with E-state index in [1.807, 2.05) is 0 Å². The number of nitrogens with one attached hydrogen (secondary N) is 2. The van der Waals surface area contributed by atoms with Crippen LogP contribution in [0, 0.1) is 5.92 Å². The lowest BCUT2D eigenvalue weighted by atomic mass is 9.92. The molecule has 0 bridgehead atoms. The average molecular weight is 220 g/mol. The topological polar surface area (TPSA) is 66.9 Å². The summed E-state index contributed by atoms with van der Waals surface area (Å²) in [6.45, 7) is 3.00. The molecule has 1 aliphatic rings. The first-order valence-electron chi connectivity index (χ1n) is 5.56. The van der Waals surface area contributed by atoms with Crippen LogP contribution in [0.4, 0.5) is 5.82 Å². The van der Waals surface area contributed by atoms with E-state index >= 15 is 0 Å². The van der Waals surface area contributed by atoms with Crippen molar-refractivity contribution in [3.63, 3.8) is 0 Å².